The van der Waals surface area contributed by atoms with Crippen LogP contribution in [0.5, 0.6) is 0 Å². The fourth-order valence-corrected chi connectivity index (χ4v) is 5.51. The highest BCUT2D eigenvalue weighted by Crippen LogP contribution is 2.41. The van der Waals surface area contributed by atoms with Gasteiger partial charge in [-0.1, -0.05) is 6.92 Å². The number of benzene rings is 2. The summed E-state index contributed by atoms with van der Waals surface area (Å²) < 4.78 is 13.9. The summed E-state index contributed by atoms with van der Waals surface area (Å²) in [6.07, 6.45) is 8.67. The third kappa shape index (κ3) is 5.06. The third-order valence-corrected chi connectivity index (χ3v) is 8.08. The molecule has 7 heteroatoms. The Hall–Kier alpha value is -3.48. The number of pyridine rings is 1. The molecule has 2 aromatic carbocycles. The Labute approximate surface area is 210 Å². The molecule has 2 aliphatic carbocycles. The van der Waals surface area contributed by atoms with Gasteiger partial charge in [-0.25, -0.2) is 4.39 Å². The van der Waals surface area contributed by atoms with Crippen LogP contribution in [0.1, 0.15) is 73.7 Å². The molecular weight excluding hydrogens is 455 g/mol. The number of nitrogens with zero attached hydrogens (tertiary/aromatic N) is 1. The van der Waals surface area contributed by atoms with E-state index < -0.39 is 0 Å². The largest absolute Gasteiger partial charge is 0.397 e. The number of aromatic nitrogens is 1. The van der Waals surface area contributed by atoms with Gasteiger partial charge in [0.2, 0.25) is 5.91 Å². The number of nitrogens with one attached hydrogen (secondary N) is 2. The molecule has 0 aliphatic heterocycles. The second kappa shape index (κ2) is 10.2. The molecule has 2 saturated carbocycles. The van der Waals surface area contributed by atoms with Crippen molar-refractivity contribution in [2.45, 2.75) is 63.8 Å². The first-order valence-electron chi connectivity index (χ1n) is 12.9. The van der Waals surface area contributed by atoms with E-state index in [-0.39, 0.29) is 35.5 Å². The zero-order valence-electron chi connectivity index (χ0n) is 20.6. The lowest BCUT2D eigenvalue weighted by Crippen LogP contribution is -2.39. The van der Waals surface area contributed by atoms with Gasteiger partial charge in [-0.05, 0) is 105 Å². The Kier molecular flexibility index (Phi) is 6.90. The average molecular weight is 489 g/mol. The van der Waals surface area contributed by atoms with Crippen LogP contribution in [0.2, 0.25) is 0 Å². The van der Waals surface area contributed by atoms with Gasteiger partial charge in [0.05, 0.1) is 16.9 Å². The van der Waals surface area contributed by atoms with Crippen LogP contribution in [0.15, 0.2) is 48.7 Å². The molecule has 1 unspecified atom stereocenters. The van der Waals surface area contributed by atoms with Crippen LogP contribution in [0.25, 0.3) is 10.9 Å². The van der Waals surface area contributed by atoms with Crippen molar-refractivity contribution in [2.24, 2.45) is 11.8 Å². The van der Waals surface area contributed by atoms with Crippen LogP contribution in [0, 0.1) is 17.7 Å². The van der Waals surface area contributed by atoms with Crippen molar-refractivity contribution >= 4 is 34.1 Å². The molecular formula is C29H33FN4O2. The Balaban J connectivity index is 1.21. The molecule has 6 nitrogen and oxygen atoms in total. The maximum atomic E-state index is 13.9. The van der Waals surface area contributed by atoms with E-state index >= 15 is 0 Å². The first-order chi connectivity index (χ1) is 17.4. The summed E-state index contributed by atoms with van der Waals surface area (Å²) in [5.74, 6) is -0.0880. The van der Waals surface area contributed by atoms with Crippen molar-refractivity contribution in [1.29, 1.82) is 0 Å². The number of fused-ring (bicyclic) bond motifs is 1. The van der Waals surface area contributed by atoms with E-state index in [1.807, 2.05) is 13.0 Å². The second-order valence-electron chi connectivity index (χ2n) is 10.4. The number of rotatable bonds is 6. The van der Waals surface area contributed by atoms with Crippen molar-refractivity contribution in [3.63, 3.8) is 0 Å². The summed E-state index contributed by atoms with van der Waals surface area (Å²) in [5, 5.41) is 6.86. The van der Waals surface area contributed by atoms with Crippen molar-refractivity contribution < 1.29 is 14.0 Å². The number of halogens is 1. The Morgan fingerprint density at radius 2 is 1.81 bits per heavy atom. The zero-order chi connectivity index (χ0) is 25.2. The molecule has 2 fully saturated rings. The maximum Gasteiger partial charge on any atom is 0.251 e. The Morgan fingerprint density at radius 1 is 1.03 bits per heavy atom. The Bertz CT molecular complexity index is 1280. The second-order valence-corrected chi connectivity index (χ2v) is 10.4. The number of anilines is 2. The number of carbonyl (C=O) groups excluding carboxylic acids is 2. The van der Waals surface area contributed by atoms with Crippen LogP contribution in [0.4, 0.5) is 15.8 Å². The summed E-state index contributed by atoms with van der Waals surface area (Å²) >= 11 is 0. The van der Waals surface area contributed by atoms with Crippen LogP contribution in [0.3, 0.4) is 0 Å². The van der Waals surface area contributed by atoms with Gasteiger partial charge in [0.25, 0.3) is 5.91 Å². The van der Waals surface area contributed by atoms with Crippen LogP contribution >= 0.6 is 0 Å². The number of carbonyl (C=O) groups is 2. The summed E-state index contributed by atoms with van der Waals surface area (Å²) in [6.45, 7) is 1.96. The quantitative estimate of drug-likeness (QED) is 0.383. The number of nitrogens with two attached hydrogens (primary N) is 1. The van der Waals surface area contributed by atoms with Gasteiger partial charge in [-0.15, -0.1) is 0 Å². The van der Waals surface area contributed by atoms with Crippen molar-refractivity contribution in [3.05, 3.63) is 65.6 Å². The molecule has 3 aromatic rings. The lowest BCUT2D eigenvalue weighted by atomic mass is 9.73. The number of hydrogen-bond donors (Lipinski definition) is 3. The number of nitrogen functional groups attached to an aromatic ring is 1. The minimum absolute atomic E-state index is 0.0851. The molecule has 1 heterocycles. The highest BCUT2D eigenvalue weighted by Gasteiger charge is 2.31. The molecule has 0 saturated heterocycles. The number of amides is 2. The fourth-order valence-electron chi connectivity index (χ4n) is 5.51. The van der Waals surface area contributed by atoms with E-state index in [0.29, 0.717) is 22.9 Å². The molecule has 2 aliphatic rings. The molecule has 1 atom stereocenters. The molecule has 1 aromatic heterocycles. The molecule has 188 valence electrons. The van der Waals surface area contributed by atoms with Crippen LogP contribution in [-0.2, 0) is 4.79 Å². The summed E-state index contributed by atoms with van der Waals surface area (Å²) in [6, 6.07) is 12.0. The third-order valence-electron chi connectivity index (χ3n) is 8.08. The molecule has 5 rings (SSSR count). The van der Waals surface area contributed by atoms with Crippen LogP contribution < -0.4 is 16.4 Å². The molecule has 4 N–H and O–H groups in total. The molecule has 0 bridgehead atoms. The monoisotopic (exact) mass is 488 g/mol. The van der Waals surface area contributed by atoms with E-state index in [4.69, 9.17) is 5.73 Å². The standard InChI is InChI=1S/C29H33FN4O2/c1-17(28(35)34-27-15-20(9-11-25(27)31)29(36)33-22-3-2-4-22)18-5-7-19(8-6-18)23-13-14-32-26-12-10-21(30)16-24(23)26/h9-19,22H,2-8,31H2,1H3,(H,33,36)(H,34,35)/t17?,18-,19+. The average Bonchev–Trinajstić information content (AvgIpc) is 2.86. The lowest BCUT2D eigenvalue weighted by molar-refractivity contribution is -0.121. The Morgan fingerprint density at radius 3 is 2.53 bits per heavy atom. The van der Waals surface area contributed by atoms with Gasteiger partial charge in [0, 0.05) is 29.1 Å². The van der Waals surface area contributed by atoms with Crippen molar-refractivity contribution in [1.82, 2.24) is 10.3 Å². The van der Waals surface area contributed by atoms with E-state index in [9.17, 15) is 14.0 Å². The van der Waals surface area contributed by atoms with Crippen molar-refractivity contribution in [3.8, 4) is 0 Å². The first-order valence-corrected chi connectivity index (χ1v) is 12.9. The molecule has 0 spiro atoms. The van der Waals surface area contributed by atoms with Crippen LogP contribution in [-0.4, -0.2) is 22.8 Å². The predicted octanol–water partition coefficient (Wildman–Crippen LogP) is 5.79. The topological polar surface area (TPSA) is 97.1 Å². The highest BCUT2D eigenvalue weighted by molar-refractivity contribution is 6.00. The van der Waals surface area contributed by atoms with Gasteiger partial charge in [0.15, 0.2) is 0 Å². The van der Waals surface area contributed by atoms with E-state index in [2.05, 4.69) is 15.6 Å². The molecule has 36 heavy (non-hydrogen) atoms. The smallest absolute Gasteiger partial charge is 0.251 e. The van der Waals surface area contributed by atoms with Gasteiger partial charge >= 0.3 is 0 Å². The summed E-state index contributed by atoms with van der Waals surface area (Å²) in [5.41, 5.74) is 9.48. The fraction of sp³-hybridized carbons (Fsp3) is 0.414. The summed E-state index contributed by atoms with van der Waals surface area (Å²) in [7, 11) is 0. The molecule has 2 amide bonds. The van der Waals surface area contributed by atoms with E-state index in [1.165, 1.54) is 6.07 Å². The normalized spacial score (nSPS) is 20.9. The maximum absolute atomic E-state index is 13.9. The minimum Gasteiger partial charge on any atom is -0.397 e. The minimum atomic E-state index is -0.250. The zero-order valence-corrected chi connectivity index (χ0v) is 20.6. The van der Waals surface area contributed by atoms with Gasteiger partial charge < -0.3 is 16.4 Å². The van der Waals surface area contributed by atoms with E-state index in [1.54, 1.807) is 36.5 Å². The lowest BCUT2D eigenvalue weighted by Gasteiger charge is -2.32. The van der Waals surface area contributed by atoms with Gasteiger partial charge in [-0.2, -0.15) is 0 Å². The predicted molar refractivity (Wildman–Crippen MR) is 140 cm³/mol. The highest BCUT2D eigenvalue weighted by atomic mass is 19.1. The van der Waals surface area contributed by atoms with Crippen molar-refractivity contribution in [2.75, 3.05) is 11.1 Å². The SMILES string of the molecule is CC(C(=O)Nc1cc(C(=O)NC2CCC2)ccc1N)[C@H]1CC[C@@H](c2ccnc3ccc(F)cc32)CC1. The number of hydrogen-bond acceptors (Lipinski definition) is 4. The van der Waals surface area contributed by atoms with Gasteiger partial charge in [-0.3, -0.25) is 14.6 Å². The first kappa shape index (κ1) is 24.2. The molecule has 0 radical (unpaired) electrons. The van der Waals surface area contributed by atoms with Gasteiger partial charge in [0.1, 0.15) is 5.82 Å². The summed E-state index contributed by atoms with van der Waals surface area (Å²) in [4.78, 5) is 30.0. The van der Waals surface area contributed by atoms with E-state index in [0.717, 1.165) is 61.4 Å².